The molecule has 2 unspecified atom stereocenters. The van der Waals surface area contributed by atoms with E-state index in [-0.39, 0.29) is 6.04 Å². The molecule has 1 fully saturated rings. The number of carbonyl (C=O) groups is 1. The van der Waals surface area contributed by atoms with Crippen molar-refractivity contribution in [2.45, 2.75) is 61.8 Å². The first kappa shape index (κ1) is 15.4. The second-order valence-electron chi connectivity index (χ2n) is 5.93. The summed E-state index contributed by atoms with van der Waals surface area (Å²) in [5.74, 6) is -0.709. The molecule has 0 radical (unpaired) electrons. The number of thioether (sulfide) groups is 1. The van der Waals surface area contributed by atoms with Crippen molar-refractivity contribution >= 4 is 17.7 Å². The normalized spacial score (nSPS) is 26.1. The average Bonchev–Trinajstić information content (AvgIpc) is 2.76. The summed E-state index contributed by atoms with van der Waals surface area (Å²) in [5, 5.41) is 13.2. The number of aryl methyl sites for hydroxylation is 1. The van der Waals surface area contributed by atoms with Crippen molar-refractivity contribution in [2.75, 3.05) is 0 Å². The van der Waals surface area contributed by atoms with Gasteiger partial charge in [-0.05, 0) is 51.7 Å². The zero-order valence-corrected chi connectivity index (χ0v) is 13.2. The van der Waals surface area contributed by atoms with E-state index in [1.54, 1.807) is 0 Å². The minimum Gasteiger partial charge on any atom is -0.480 e. The Morgan fingerprint density at radius 1 is 1.45 bits per heavy atom. The van der Waals surface area contributed by atoms with Crippen molar-refractivity contribution in [1.29, 1.82) is 0 Å². The minimum absolute atomic E-state index is 0.188. The Kier molecular flexibility index (Phi) is 4.76. The molecular formula is C16H23NO2S. The van der Waals surface area contributed by atoms with Crippen LogP contribution in [0.2, 0.25) is 0 Å². The third kappa shape index (κ3) is 3.36. The molecule has 0 heterocycles. The Labute approximate surface area is 125 Å². The van der Waals surface area contributed by atoms with Crippen LogP contribution in [0.1, 0.15) is 38.7 Å². The van der Waals surface area contributed by atoms with E-state index in [9.17, 15) is 9.90 Å². The summed E-state index contributed by atoms with van der Waals surface area (Å²) in [7, 11) is 0. The predicted octanol–water partition coefficient (Wildman–Crippen LogP) is 3.46. The summed E-state index contributed by atoms with van der Waals surface area (Å²) >= 11 is 1.82. The molecule has 0 spiro atoms. The van der Waals surface area contributed by atoms with Gasteiger partial charge in [-0.1, -0.05) is 18.2 Å². The van der Waals surface area contributed by atoms with Gasteiger partial charge in [-0.15, -0.1) is 11.8 Å². The van der Waals surface area contributed by atoms with Gasteiger partial charge in [-0.3, -0.25) is 10.1 Å². The highest BCUT2D eigenvalue weighted by atomic mass is 32.2. The number of hydrogen-bond donors (Lipinski definition) is 2. The van der Waals surface area contributed by atoms with Crippen LogP contribution < -0.4 is 5.32 Å². The lowest BCUT2D eigenvalue weighted by Crippen LogP contribution is -2.53. The SMILES string of the molecule is Cc1ccccc1SC1CCC(NC(C)C)(C(=O)O)C1. The standard InChI is InChI=1S/C16H23NO2S/c1-11(2)17-16(15(18)19)9-8-13(10-16)20-14-7-5-4-6-12(14)3/h4-7,11,13,17H,8-10H2,1-3H3,(H,18,19). The second kappa shape index (κ2) is 6.19. The van der Waals surface area contributed by atoms with Crippen LogP contribution in [0.3, 0.4) is 0 Å². The summed E-state index contributed by atoms with van der Waals surface area (Å²) in [4.78, 5) is 12.9. The molecule has 0 aliphatic heterocycles. The molecular weight excluding hydrogens is 270 g/mol. The van der Waals surface area contributed by atoms with Crippen molar-refractivity contribution in [3.8, 4) is 0 Å². The fraction of sp³-hybridized carbons (Fsp3) is 0.562. The summed E-state index contributed by atoms with van der Waals surface area (Å²) in [6.45, 7) is 6.12. The fourth-order valence-corrected chi connectivity index (χ4v) is 4.28. The Bertz CT molecular complexity index is 489. The highest BCUT2D eigenvalue weighted by Crippen LogP contribution is 2.41. The predicted molar refractivity (Wildman–Crippen MR) is 83.3 cm³/mol. The molecule has 4 heteroatoms. The summed E-state index contributed by atoms with van der Waals surface area (Å²) in [6, 6.07) is 8.50. The van der Waals surface area contributed by atoms with Crippen LogP contribution in [0.25, 0.3) is 0 Å². The van der Waals surface area contributed by atoms with E-state index in [1.807, 2.05) is 37.7 Å². The van der Waals surface area contributed by atoms with E-state index >= 15 is 0 Å². The maximum absolute atomic E-state index is 11.7. The number of carboxylic acids is 1. The maximum atomic E-state index is 11.7. The van der Waals surface area contributed by atoms with E-state index < -0.39 is 11.5 Å². The molecule has 0 aromatic heterocycles. The molecule has 110 valence electrons. The molecule has 0 bridgehead atoms. The number of hydrogen-bond acceptors (Lipinski definition) is 3. The molecule has 3 nitrogen and oxygen atoms in total. The molecule has 2 N–H and O–H groups in total. The lowest BCUT2D eigenvalue weighted by atomic mass is 9.97. The van der Waals surface area contributed by atoms with Crippen molar-refractivity contribution in [3.05, 3.63) is 29.8 Å². The Hall–Kier alpha value is -1.00. The third-order valence-electron chi connectivity index (χ3n) is 3.83. The number of nitrogens with one attached hydrogen (secondary N) is 1. The van der Waals surface area contributed by atoms with Gasteiger partial charge in [0.15, 0.2) is 0 Å². The van der Waals surface area contributed by atoms with Gasteiger partial charge in [0.25, 0.3) is 0 Å². The summed E-state index contributed by atoms with van der Waals surface area (Å²) in [5.41, 5.74) is 0.524. The lowest BCUT2D eigenvalue weighted by molar-refractivity contribution is -0.145. The number of aliphatic carboxylic acids is 1. The zero-order valence-electron chi connectivity index (χ0n) is 12.3. The Balaban J connectivity index is 2.07. The highest BCUT2D eigenvalue weighted by Gasteiger charge is 2.45. The molecule has 1 saturated carbocycles. The molecule has 20 heavy (non-hydrogen) atoms. The first-order valence-corrected chi connectivity index (χ1v) is 8.04. The Morgan fingerprint density at radius 2 is 2.15 bits per heavy atom. The fourth-order valence-electron chi connectivity index (χ4n) is 2.91. The minimum atomic E-state index is -0.742. The van der Waals surface area contributed by atoms with E-state index in [2.05, 4.69) is 24.4 Å². The van der Waals surface area contributed by atoms with Crippen LogP contribution in [0.15, 0.2) is 29.2 Å². The third-order valence-corrected chi connectivity index (χ3v) is 5.28. The first-order chi connectivity index (χ1) is 9.43. The van der Waals surface area contributed by atoms with E-state index in [0.29, 0.717) is 18.1 Å². The topological polar surface area (TPSA) is 49.3 Å². The smallest absolute Gasteiger partial charge is 0.323 e. The molecule has 1 aromatic rings. The molecule has 2 rings (SSSR count). The van der Waals surface area contributed by atoms with Crippen LogP contribution in [-0.2, 0) is 4.79 Å². The van der Waals surface area contributed by atoms with E-state index in [4.69, 9.17) is 0 Å². The van der Waals surface area contributed by atoms with Crippen molar-refractivity contribution < 1.29 is 9.90 Å². The molecule has 0 amide bonds. The van der Waals surface area contributed by atoms with Crippen molar-refractivity contribution in [2.24, 2.45) is 0 Å². The van der Waals surface area contributed by atoms with Crippen LogP contribution in [-0.4, -0.2) is 27.9 Å². The molecule has 2 atom stereocenters. The van der Waals surface area contributed by atoms with Gasteiger partial charge in [0.05, 0.1) is 0 Å². The summed E-state index contributed by atoms with van der Waals surface area (Å²) < 4.78 is 0. The van der Waals surface area contributed by atoms with Gasteiger partial charge in [-0.2, -0.15) is 0 Å². The zero-order chi connectivity index (χ0) is 14.8. The van der Waals surface area contributed by atoms with E-state index in [1.165, 1.54) is 10.5 Å². The van der Waals surface area contributed by atoms with Gasteiger partial charge in [0.2, 0.25) is 0 Å². The molecule has 1 aliphatic carbocycles. The van der Waals surface area contributed by atoms with Crippen molar-refractivity contribution in [3.63, 3.8) is 0 Å². The molecule has 1 aliphatic rings. The van der Waals surface area contributed by atoms with Gasteiger partial charge in [0, 0.05) is 16.2 Å². The number of benzene rings is 1. The van der Waals surface area contributed by atoms with E-state index in [0.717, 1.165) is 6.42 Å². The molecule has 1 aromatic carbocycles. The van der Waals surface area contributed by atoms with Gasteiger partial charge in [0.1, 0.15) is 5.54 Å². The van der Waals surface area contributed by atoms with Crippen molar-refractivity contribution in [1.82, 2.24) is 5.32 Å². The molecule has 0 saturated heterocycles. The van der Waals surface area contributed by atoms with Gasteiger partial charge >= 0.3 is 5.97 Å². The van der Waals surface area contributed by atoms with Crippen LogP contribution in [0.5, 0.6) is 0 Å². The van der Waals surface area contributed by atoms with Gasteiger partial charge in [-0.25, -0.2) is 0 Å². The first-order valence-electron chi connectivity index (χ1n) is 7.16. The van der Waals surface area contributed by atoms with Crippen LogP contribution >= 0.6 is 11.8 Å². The lowest BCUT2D eigenvalue weighted by Gasteiger charge is -2.28. The maximum Gasteiger partial charge on any atom is 0.323 e. The van der Waals surface area contributed by atoms with Gasteiger partial charge < -0.3 is 5.11 Å². The van der Waals surface area contributed by atoms with Crippen LogP contribution in [0.4, 0.5) is 0 Å². The number of carboxylic acid groups (broad SMARTS) is 1. The Morgan fingerprint density at radius 3 is 2.75 bits per heavy atom. The quantitative estimate of drug-likeness (QED) is 0.873. The largest absolute Gasteiger partial charge is 0.480 e. The average molecular weight is 293 g/mol. The second-order valence-corrected chi connectivity index (χ2v) is 7.28. The monoisotopic (exact) mass is 293 g/mol. The highest BCUT2D eigenvalue weighted by molar-refractivity contribution is 8.00. The summed E-state index contributed by atoms with van der Waals surface area (Å²) in [6.07, 6.45) is 2.36. The number of rotatable bonds is 5. The van der Waals surface area contributed by atoms with Crippen LogP contribution in [0, 0.1) is 6.92 Å².